The second-order valence-electron chi connectivity index (χ2n) is 4.82. The zero-order valence-corrected chi connectivity index (χ0v) is 13.6. The van der Waals surface area contributed by atoms with Gasteiger partial charge in [0.1, 0.15) is 11.9 Å². The molecule has 0 bridgehead atoms. The molecule has 0 amide bonds. The smallest absolute Gasteiger partial charge is 0.134 e. The second-order valence-corrected chi connectivity index (χ2v) is 6.64. The Balaban J connectivity index is 2.15. The molecule has 4 heteroatoms. The van der Waals surface area contributed by atoms with Crippen LogP contribution in [0, 0.1) is 5.41 Å². The lowest BCUT2D eigenvalue weighted by Gasteiger charge is -2.52. The molecule has 2 unspecified atom stereocenters. The third-order valence-corrected chi connectivity index (χ3v) is 5.63. The highest BCUT2D eigenvalue weighted by Crippen LogP contribution is 2.52. The fourth-order valence-corrected chi connectivity index (χ4v) is 4.12. The van der Waals surface area contributed by atoms with Crippen LogP contribution in [0.2, 0.25) is 5.02 Å². The maximum absolute atomic E-state index is 6.39. The van der Waals surface area contributed by atoms with Gasteiger partial charge in [0, 0.05) is 22.2 Å². The Kier molecular flexibility index (Phi) is 4.51. The van der Waals surface area contributed by atoms with E-state index in [-0.39, 0.29) is 16.9 Å². The predicted octanol–water partition coefficient (Wildman–Crippen LogP) is 5.67. The van der Waals surface area contributed by atoms with Crippen LogP contribution in [0.25, 0.3) is 0 Å². The largest absolute Gasteiger partial charge is 0.489 e. The summed E-state index contributed by atoms with van der Waals surface area (Å²) in [5.41, 5.74) is 0.112. The molecule has 0 radical (unpaired) electrons. The van der Waals surface area contributed by atoms with E-state index in [1.807, 2.05) is 18.2 Å². The third kappa shape index (κ3) is 2.39. The fourth-order valence-electron chi connectivity index (χ4n) is 2.74. The summed E-state index contributed by atoms with van der Waals surface area (Å²) in [6.07, 6.45) is 3.21. The van der Waals surface area contributed by atoms with Crippen molar-refractivity contribution in [3.05, 3.63) is 27.7 Å². The van der Waals surface area contributed by atoms with Gasteiger partial charge in [0.2, 0.25) is 0 Å². The van der Waals surface area contributed by atoms with Gasteiger partial charge in [0.15, 0.2) is 0 Å². The van der Waals surface area contributed by atoms with Crippen LogP contribution in [0.3, 0.4) is 0 Å². The van der Waals surface area contributed by atoms with Gasteiger partial charge < -0.3 is 4.74 Å². The van der Waals surface area contributed by atoms with Crippen molar-refractivity contribution in [1.82, 2.24) is 0 Å². The van der Waals surface area contributed by atoms with Gasteiger partial charge in [-0.15, -0.1) is 11.6 Å². The van der Waals surface area contributed by atoms with Crippen LogP contribution >= 0.6 is 39.1 Å². The average Bonchev–Trinajstić information content (AvgIpc) is 2.33. The van der Waals surface area contributed by atoms with Crippen LogP contribution in [-0.4, -0.2) is 11.5 Å². The molecule has 1 saturated carbocycles. The number of benzene rings is 1. The summed E-state index contributed by atoms with van der Waals surface area (Å²) >= 11 is 15.8. The highest BCUT2D eigenvalue weighted by atomic mass is 79.9. The van der Waals surface area contributed by atoms with Gasteiger partial charge in [-0.25, -0.2) is 0 Å². The van der Waals surface area contributed by atoms with Crippen LogP contribution in [0.15, 0.2) is 22.7 Å². The quantitative estimate of drug-likeness (QED) is 0.635. The van der Waals surface area contributed by atoms with E-state index < -0.39 is 0 Å². The third-order valence-electron chi connectivity index (χ3n) is 4.17. The van der Waals surface area contributed by atoms with Crippen molar-refractivity contribution in [3.8, 4) is 5.75 Å². The minimum Gasteiger partial charge on any atom is -0.489 e. The monoisotopic (exact) mass is 350 g/mol. The molecule has 0 saturated heterocycles. The lowest BCUT2D eigenvalue weighted by molar-refractivity contribution is -0.0465. The summed E-state index contributed by atoms with van der Waals surface area (Å²) in [5.74, 6) is 0.847. The zero-order valence-electron chi connectivity index (χ0n) is 10.6. The van der Waals surface area contributed by atoms with Crippen molar-refractivity contribution in [2.24, 2.45) is 5.41 Å². The van der Waals surface area contributed by atoms with E-state index in [1.165, 1.54) is 0 Å². The Morgan fingerprint density at radius 1 is 1.39 bits per heavy atom. The van der Waals surface area contributed by atoms with Crippen molar-refractivity contribution < 1.29 is 4.74 Å². The van der Waals surface area contributed by atoms with E-state index in [4.69, 9.17) is 27.9 Å². The number of alkyl halides is 1. The van der Waals surface area contributed by atoms with Gasteiger partial charge in [0.25, 0.3) is 0 Å². The lowest BCUT2D eigenvalue weighted by atomic mass is 9.62. The first-order chi connectivity index (χ1) is 8.53. The highest BCUT2D eigenvalue weighted by Gasteiger charge is 2.53. The molecule has 1 aromatic rings. The molecule has 0 aliphatic heterocycles. The summed E-state index contributed by atoms with van der Waals surface area (Å²) in [4.78, 5) is 0. The van der Waals surface area contributed by atoms with E-state index in [0.29, 0.717) is 5.02 Å². The van der Waals surface area contributed by atoms with Crippen LogP contribution in [0.4, 0.5) is 0 Å². The summed E-state index contributed by atoms with van der Waals surface area (Å²) in [6.45, 7) is 4.37. The molecule has 1 aliphatic carbocycles. The second kappa shape index (κ2) is 5.60. The van der Waals surface area contributed by atoms with E-state index in [0.717, 1.165) is 29.5 Å². The maximum Gasteiger partial charge on any atom is 0.134 e. The van der Waals surface area contributed by atoms with E-state index >= 15 is 0 Å². The lowest BCUT2D eigenvalue weighted by Crippen LogP contribution is -2.56. The summed E-state index contributed by atoms with van der Waals surface area (Å²) in [5, 5.41) is 0.930. The van der Waals surface area contributed by atoms with Gasteiger partial charge in [-0.05, 0) is 47.0 Å². The fraction of sp³-hybridized carbons (Fsp3) is 0.571. The number of hydrogen-bond donors (Lipinski definition) is 0. The van der Waals surface area contributed by atoms with E-state index in [2.05, 4.69) is 29.8 Å². The van der Waals surface area contributed by atoms with Gasteiger partial charge in [-0.3, -0.25) is 0 Å². The molecular formula is C14H17BrCl2O. The SMILES string of the molecule is CCC1(CC)C(Cl)CC1Oc1ccc(Cl)cc1Br. The topological polar surface area (TPSA) is 9.23 Å². The maximum atomic E-state index is 6.39. The molecule has 1 aromatic carbocycles. The standard InChI is InChI=1S/C14H17BrCl2O/c1-3-14(4-2)12(17)8-13(14)18-11-6-5-9(16)7-10(11)15/h5-7,12-13H,3-4,8H2,1-2H3. The van der Waals surface area contributed by atoms with Crippen LogP contribution < -0.4 is 4.74 Å². The first-order valence-corrected chi connectivity index (χ1v) is 7.90. The Morgan fingerprint density at radius 3 is 2.56 bits per heavy atom. The molecule has 2 atom stereocenters. The summed E-state index contributed by atoms with van der Waals surface area (Å²) in [7, 11) is 0. The Bertz CT molecular complexity index is 432. The molecule has 0 aromatic heterocycles. The van der Waals surface area contributed by atoms with Gasteiger partial charge in [0.05, 0.1) is 4.47 Å². The van der Waals surface area contributed by atoms with E-state index in [1.54, 1.807) is 0 Å². The van der Waals surface area contributed by atoms with Crippen molar-refractivity contribution in [3.63, 3.8) is 0 Å². The first-order valence-electron chi connectivity index (χ1n) is 6.29. The molecule has 0 N–H and O–H groups in total. The Hall–Kier alpha value is 0.0800. The number of ether oxygens (including phenoxy) is 1. The molecule has 1 nitrogen and oxygen atoms in total. The molecule has 100 valence electrons. The molecule has 1 aliphatic rings. The Morgan fingerprint density at radius 2 is 2.06 bits per heavy atom. The number of hydrogen-bond acceptors (Lipinski definition) is 1. The minimum atomic E-state index is 0.112. The van der Waals surface area contributed by atoms with Crippen molar-refractivity contribution >= 4 is 39.1 Å². The molecule has 18 heavy (non-hydrogen) atoms. The first kappa shape index (κ1) is 14.5. The van der Waals surface area contributed by atoms with E-state index in [9.17, 15) is 0 Å². The van der Waals surface area contributed by atoms with Gasteiger partial charge in [-0.2, -0.15) is 0 Å². The van der Waals surface area contributed by atoms with Gasteiger partial charge >= 0.3 is 0 Å². The predicted molar refractivity (Wildman–Crippen MR) is 80.8 cm³/mol. The van der Waals surface area contributed by atoms with Crippen LogP contribution in [0.5, 0.6) is 5.75 Å². The molecule has 1 fully saturated rings. The zero-order chi connectivity index (χ0) is 13.3. The molecule has 0 heterocycles. The minimum absolute atomic E-state index is 0.112. The summed E-state index contributed by atoms with van der Waals surface area (Å²) in [6, 6.07) is 5.61. The van der Waals surface area contributed by atoms with Crippen molar-refractivity contribution in [2.75, 3.05) is 0 Å². The highest BCUT2D eigenvalue weighted by molar-refractivity contribution is 9.10. The normalized spacial score (nSPS) is 25.6. The Labute approximate surface area is 127 Å². The average molecular weight is 352 g/mol. The van der Waals surface area contributed by atoms with Crippen LogP contribution in [0.1, 0.15) is 33.1 Å². The van der Waals surface area contributed by atoms with Crippen molar-refractivity contribution in [1.29, 1.82) is 0 Å². The molecular weight excluding hydrogens is 335 g/mol. The van der Waals surface area contributed by atoms with Gasteiger partial charge in [-0.1, -0.05) is 25.4 Å². The number of rotatable bonds is 4. The number of halogens is 3. The molecule has 0 spiro atoms. The van der Waals surface area contributed by atoms with Crippen molar-refractivity contribution in [2.45, 2.75) is 44.6 Å². The molecule has 2 rings (SSSR count). The summed E-state index contributed by atoms with van der Waals surface area (Å²) < 4.78 is 7.01. The van der Waals surface area contributed by atoms with Crippen LogP contribution in [-0.2, 0) is 0 Å².